The van der Waals surface area contributed by atoms with E-state index >= 15 is 0 Å². The number of methoxy groups -OCH3 is 1. The van der Waals surface area contributed by atoms with Crippen LogP contribution in [0, 0.1) is 0 Å². The highest BCUT2D eigenvalue weighted by molar-refractivity contribution is 6.08. The first-order chi connectivity index (χ1) is 11.6. The Bertz CT molecular complexity index is 918. The summed E-state index contributed by atoms with van der Waals surface area (Å²) in [6.45, 7) is 0. The second kappa shape index (κ2) is 6.42. The van der Waals surface area contributed by atoms with Crippen LogP contribution in [0.3, 0.4) is 0 Å². The minimum Gasteiger partial charge on any atom is -0.496 e. The average molecular weight is 320 g/mol. The van der Waals surface area contributed by atoms with Crippen LogP contribution in [-0.2, 0) is 0 Å². The Balaban J connectivity index is 1.91. The van der Waals surface area contributed by atoms with Gasteiger partial charge < -0.3 is 15.8 Å². The second-order valence-electron chi connectivity index (χ2n) is 5.30. The van der Waals surface area contributed by atoms with Gasteiger partial charge in [-0.2, -0.15) is 0 Å². The van der Waals surface area contributed by atoms with E-state index in [1.807, 2.05) is 30.3 Å². The summed E-state index contributed by atoms with van der Waals surface area (Å²) < 4.78 is 5.34. The van der Waals surface area contributed by atoms with Crippen molar-refractivity contribution >= 4 is 28.3 Å². The van der Waals surface area contributed by atoms with Crippen molar-refractivity contribution in [3.63, 3.8) is 0 Å². The first-order valence-corrected chi connectivity index (χ1v) is 7.36. The lowest BCUT2D eigenvalue weighted by Crippen LogP contribution is -2.14. The molecule has 0 heterocycles. The summed E-state index contributed by atoms with van der Waals surface area (Å²) in [4.78, 5) is 23.7. The van der Waals surface area contributed by atoms with Crippen molar-refractivity contribution in [3.05, 3.63) is 71.8 Å². The maximum Gasteiger partial charge on any atom is 0.259 e. The number of nitrogens with one attached hydrogen (secondary N) is 1. The first-order valence-electron chi connectivity index (χ1n) is 7.36. The lowest BCUT2D eigenvalue weighted by Gasteiger charge is -2.11. The van der Waals surface area contributed by atoms with Gasteiger partial charge in [0.25, 0.3) is 5.91 Å². The molecule has 3 rings (SSSR count). The molecule has 0 spiro atoms. The van der Waals surface area contributed by atoms with Crippen molar-refractivity contribution in [1.82, 2.24) is 0 Å². The van der Waals surface area contributed by atoms with E-state index in [0.717, 1.165) is 10.8 Å². The highest BCUT2D eigenvalue weighted by atomic mass is 16.5. The summed E-state index contributed by atoms with van der Waals surface area (Å²) in [5.74, 6) is -0.298. The maximum atomic E-state index is 12.6. The van der Waals surface area contributed by atoms with Crippen LogP contribution >= 0.6 is 0 Å². The quantitative estimate of drug-likeness (QED) is 0.774. The van der Waals surface area contributed by atoms with E-state index in [1.54, 1.807) is 30.3 Å². The van der Waals surface area contributed by atoms with Crippen LogP contribution in [0.4, 0.5) is 5.69 Å². The Morgan fingerprint density at radius 1 is 0.958 bits per heavy atom. The summed E-state index contributed by atoms with van der Waals surface area (Å²) >= 11 is 0. The number of nitrogens with two attached hydrogens (primary N) is 1. The Kier molecular flexibility index (Phi) is 4.16. The van der Waals surface area contributed by atoms with E-state index in [-0.39, 0.29) is 5.91 Å². The van der Waals surface area contributed by atoms with Gasteiger partial charge in [-0.1, -0.05) is 24.3 Å². The molecule has 24 heavy (non-hydrogen) atoms. The molecule has 0 saturated heterocycles. The van der Waals surface area contributed by atoms with Gasteiger partial charge in [0.1, 0.15) is 5.75 Å². The van der Waals surface area contributed by atoms with E-state index in [0.29, 0.717) is 22.6 Å². The van der Waals surface area contributed by atoms with Crippen molar-refractivity contribution in [2.24, 2.45) is 5.73 Å². The van der Waals surface area contributed by atoms with E-state index in [9.17, 15) is 9.59 Å². The van der Waals surface area contributed by atoms with Crippen LogP contribution in [0.25, 0.3) is 10.8 Å². The summed E-state index contributed by atoms with van der Waals surface area (Å²) in [6, 6.07) is 17.8. The Labute approximate surface area is 139 Å². The predicted octanol–water partition coefficient (Wildman–Crippen LogP) is 3.20. The Morgan fingerprint density at radius 3 is 2.17 bits per heavy atom. The van der Waals surface area contributed by atoms with Crippen molar-refractivity contribution in [1.29, 1.82) is 0 Å². The molecule has 120 valence electrons. The number of primary amides is 1. The molecule has 0 radical (unpaired) electrons. The third-order valence-corrected chi connectivity index (χ3v) is 3.74. The fraction of sp³-hybridized carbons (Fsp3) is 0.0526. The van der Waals surface area contributed by atoms with Crippen LogP contribution < -0.4 is 15.8 Å². The zero-order valence-electron chi connectivity index (χ0n) is 13.1. The maximum absolute atomic E-state index is 12.6. The number of carbonyl (C=O) groups is 2. The van der Waals surface area contributed by atoms with E-state index < -0.39 is 5.91 Å². The molecule has 5 heteroatoms. The Morgan fingerprint density at radius 2 is 1.58 bits per heavy atom. The largest absolute Gasteiger partial charge is 0.496 e. The smallest absolute Gasteiger partial charge is 0.259 e. The van der Waals surface area contributed by atoms with Gasteiger partial charge in [-0.25, -0.2) is 0 Å². The number of hydrogen-bond donors (Lipinski definition) is 2. The number of carbonyl (C=O) groups excluding carboxylic acids is 2. The third kappa shape index (κ3) is 3.05. The number of anilines is 1. The van der Waals surface area contributed by atoms with Crippen molar-refractivity contribution in [2.45, 2.75) is 0 Å². The molecule has 3 aromatic carbocycles. The topological polar surface area (TPSA) is 81.4 Å². The SMILES string of the molecule is COc1cc2ccccc2cc1C(=O)Nc1ccc(C(N)=O)cc1. The lowest BCUT2D eigenvalue weighted by atomic mass is 10.1. The average Bonchev–Trinajstić information content (AvgIpc) is 2.61. The van der Waals surface area contributed by atoms with E-state index in [1.165, 1.54) is 7.11 Å². The molecular formula is C19H16N2O3. The van der Waals surface area contributed by atoms with Gasteiger partial charge in [-0.05, 0) is 47.2 Å². The molecule has 0 aliphatic heterocycles. The van der Waals surface area contributed by atoms with Crippen LogP contribution in [0.2, 0.25) is 0 Å². The van der Waals surface area contributed by atoms with Gasteiger partial charge in [0.15, 0.2) is 0 Å². The number of amides is 2. The molecule has 0 fully saturated rings. The van der Waals surface area contributed by atoms with E-state index in [2.05, 4.69) is 5.32 Å². The molecule has 3 N–H and O–H groups in total. The zero-order valence-corrected chi connectivity index (χ0v) is 13.1. The number of ether oxygens (including phenoxy) is 1. The molecule has 5 nitrogen and oxygen atoms in total. The summed E-state index contributed by atoms with van der Waals surface area (Å²) in [7, 11) is 1.53. The minimum atomic E-state index is -0.510. The van der Waals surface area contributed by atoms with Gasteiger partial charge in [-0.15, -0.1) is 0 Å². The molecule has 0 atom stereocenters. The summed E-state index contributed by atoms with van der Waals surface area (Å²) in [5, 5.41) is 4.74. The fourth-order valence-electron chi connectivity index (χ4n) is 2.48. The normalized spacial score (nSPS) is 10.4. The molecule has 0 saturated carbocycles. The monoisotopic (exact) mass is 320 g/mol. The van der Waals surface area contributed by atoms with Gasteiger partial charge in [-0.3, -0.25) is 9.59 Å². The highest BCUT2D eigenvalue weighted by Crippen LogP contribution is 2.26. The number of hydrogen-bond acceptors (Lipinski definition) is 3. The van der Waals surface area contributed by atoms with Crippen LogP contribution in [-0.4, -0.2) is 18.9 Å². The molecule has 3 aromatic rings. The minimum absolute atomic E-state index is 0.288. The highest BCUT2D eigenvalue weighted by Gasteiger charge is 2.14. The fourth-order valence-corrected chi connectivity index (χ4v) is 2.48. The number of rotatable bonds is 4. The van der Waals surface area contributed by atoms with Gasteiger partial charge >= 0.3 is 0 Å². The predicted molar refractivity (Wildman–Crippen MR) is 93.4 cm³/mol. The van der Waals surface area contributed by atoms with Gasteiger partial charge in [0.05, 0.1) is 12.7 Å². The van der Waals surface area contributed by atoms with Crippen LogP contribution in [0.15, 0.2) is 60.7 Å². The third-order valence-electron chi connectivity index (χ3n) is 3.74. The summed E-state index contributed by atoms with van der Waals surface area (Å²) in [6.07, 6.45) is 0. The van der Waals surface area contributed by atoms with Crippen LogP contribution in [0.5, 0.6) is 5.75 Å². The molecule has 0 aromatic heterocycles. The second-order valence-corrected chi connectivity index (χ2v) is 5.30. The van der Waals surface area contributed by atoms with E-state index in [4.69, 9.17) is 10.5 Å². The first kappa shape index (κ1) is 15.6. The number of benzene rings is 3. The van der Waals surface area contributed by atoms with Crippen molar-refractivity contribution in [2.75, 3.05) is 12.4 Å². The zero-order chi connectivity index (χ0) is 17.1. The van der Waals surface area contributed by atoms with Gasteiger partial charge in [0.2, 0.25) is 5.91 Å². The molecule has 0 aliphatic carbocycles. The van der Waals surface area contributed by atoms with Crippen molar-refractivity contribution < 1.29 is 14.3 Å². The molecule has 0 aliphatic rings. The standard InChI is InChI=1S/C19H16N2O3/c1-24-17-11-14-5-3-2-4-13(14)10-16(17)19(23)21-15-8-6-12(7-9-15)18(20)22/h2-11H,1H3,(H2,20,22)(H,21,23). The Hall–Kier alpha value is -3.34. The molecule has 2 amide bonds. The molecule has 0 unspecified atom stereocenters. The van der Waals surface area contributed by atoms with Crippen LogP contribution in [0.1, 0.15) is 20.7 Å². The summed E-state index contributed by atoms with van der Waals surface area (Å²) in [5.41, 5.74) is 6.60. The lowest BCUT2D eigenvalue weighted by molar-refractivity contribution is 0.0998. The molecular weight excluding hydrogens is 304 g/mol. The van der Waals surface area contributed by atoms with Crippen molar-refractivity contribution in [3.8, 4) is 5.75 Å². The number of fused-ring (bicyclic) bond motifs is 1. The van der Waals surface area contributed by atoms with Gasteiger partial charge in [0, 0.05) is 11.3 Å². The molecule has 0 bridgehead atoms.